The average molecular weight is 353 g/mol. The highest BCUT2D eigenvalue weighted by Gasteiger charge is 2.11. The van der Waals surface area contributed by atoms with Gasteiger partial charge in [0.05, 0.1) is 5.71 Å². The zero-order chi connectivity index (χ0) is 18.6. The van der Waals surface area contributed by atoms with Crippen LogP contribution < -0.4 is 5.43 Å². The van der Waals surface area contributed by atoms with E-state index in [4.69, 9.17) is 0 Å². The van der Waals surface area contributed by atoms with Gasteiger partial charge in [0.25, 0.3) is 5.91 Å². The van der Waals surface area contributed by atoms with E-state index in [0.717, 1.165) is 27.7 Å². The number of hydrogen-bond donors (Lipinski definition) is 2. The summed E-state index contributed by atoms with van der Waals surface area (Å²) in [6.45, 7) is 2.04. The molecule has 0 aliphatic heterocycles. The van der Waals surface area contributed by atoms with Gasteiger partial charge < -0.3 is 4.98 Å². The summed E-state index contributed by atoms with van der Waals surface area (Å²) in [6, 6.07) is 27.5. The summed E-state index contributed by atoms with van der Waals surface area (Å²) in [5.41, 5.74) is 7.88. The van der Waals surface area contributed by atoms with Gasteiger partial charge in [0.2, 0.25) is 0 Å². The minimum atomic E-state index is -0.272. The van der Waals surface area contributed by atoms with Crippen LogP contribution in [0.25, 0.3) is 10.9 Å². The average Bonchev–Trinajstić information content (AvgIpc) is 3.14. The molecule has 4 nitrogen and oxygen atoms in total. The van der Waals surface area contributed by atoms with Crippen molar-refractivity contribution in [2.75, 3.05) is 0 Å². The molecular formula is C23H19N3O. The Morgan fingerprint density at radius 1 is 0.852 bits per heavy atom. The fourth-order valence-corrected chi connectivity index (χ4v) is 2.97. The predicted octanol–water partition coefficient (Wildman–Crippen LogP) is 4.66. The van der Waals surface area contributed by atoms with Gasteiger partial charge in [0.1, 0.15) is 5.69 Å². The van der Waals surface area contributed by atoms with Crippen molar-refractivity contribution < 1.29 is 4.79 Å². The molecule has 4 aromatic rings. The number of aromatic nitrogens is 1. The van der Waals surface area contributed by atoms with Gasteiger partial charge in [0, 0.05) is 22.0 Å². The monoisotopic (exact) mass is 353 g/mol. The second-order valence-electron chi connectivity index (χ2n) is 6.40. The summed E-state index contributed by atoms with van der Waals surface area (Å²) in [7, 11) is 0. The molecule has 0 aliphatic carbocycles. The number of amides is 1. The quantitative estimate of drug-likeness (QED) is 0.407. The van der Waals surface area contributed by atoms with Crippen LogP contribution in [-0.2, 0) is 0 Å². The maximum atomic E-state index is 12.6. The highest BCUT2D eigenvalue weighted by molar-refractivity contribution is 6.13. The second kappa shape index (κ2) is 7.30. The van der Waals surface area contributed by atoms with Crippen molar-refractivity contribution in [2.24, 2.45) is 5.10 Å². The standard InChI is InChI=1S/C23H19N3O/c1-16-11-13-18(14-12-16)22(17-7-3-2-4-8-17)25-26-23(27)21-15-19-9-5-6-10-20(19)24-21/h2-15,24H,1H3,(H,26,27)/b25-22-. The van der Waals surface area contributed by atoms with Crippen LogP contribution in [0.15, 0.2) is 90.0 Å². The number of nitrogens with zero attached hydrogens (tertiary/aromatic N) is 1. The van der Waals surface area contributed by atoms with E-state index >= 15 is 0 Å². The molecule has 0 radical (unpaired) electrons. The minimum Gasteiger partial charge on any atom is -0.350 e. The smallest absolute Gasteiger partial charge is 0.287 e. The lowest BCUT2D eigenvalue weighted by atomic mass is 10.0. The third-order valence-electron chi connectivity index (χ3n) is 4.42. The Morgan fingerprint density at radius 2 is 1.52 bits per heavy atom. The molecule has 3 aromatic carbocycles. The lowest BCUT2D eigenvalue weighted by Crippen LogP contribution is -2.21. The number of hydrazone groups is 1. The lowest BCUT2D eigenvalue weighted by Gasteiger charge is -2.08. The zero-order valence-corrected chi connectivity index (χ0v) is 14.9. The largest absolute Gasteiger partial charge is 0.350 e. The number of aromatic amines is 1. The molecule has 1 aromatic heterocycles. The van der Waals surface area contributed by atoms with Crippen molar-refractivity contribution in [3.63, 3.8) is 0 Å². The van der Waals surface area contributed by atoms with Crippen molar-refractivity contribution in [1.29, 1.82) is 0 Å². The minimum absolute atomic E-state index is 0.272. The lowest BCUT2D eigenvalue weighted by molar-refractivity contribution is 0.0951. The Bertz CT molecular complexity index is 1080. The summed E-state index contributed by atoms with van der Waals surface area (Å²) < 4.78 is 0. The van der Waals surface area contributed by atoms with E-state index < -0.39 is 0 Å². The van der Waals surface area contributed by atoms with Crippen LogP contribution in [0.3, 0.4) is 0 Å². The summed E-state index contributed by atoms with van der Waals surface area (Å²) in [4.78, 5) is 15.7. The molecule has 0 unspecified atom stereocenters. The Morgan fingerprint density at radius 3 is 2.26 bits per heavy atom. The summed E-state index contributed by atoms with van der Waals surface area (Å²) in [5, 5.41) is 5.43. The van der Waals surface area contributed by atoms with Crippen LogP contribution in [0, 0.1) is 6.92 Å². The molecule has 4 heteroatoms. The molecule has 0 spiro atoms. The normalized spacial score (nSPS) is 11.5. The van der Waals surface area contributed by atoms with Crippen LogP contribution in [0.5, 0.6) is 0 Å². The topological polar surface area (TPSA) is 57.2 Å². The van der Waals surface area contributed by atoms with E-state index in [9.17, 15) is 4.79 Å². The van der Waals surface area contributed by atoms with Gasteiger partial charge in [-0.25, -0.2) is 5.43 Å². The van der Waals surface area contributed by atoms with Crippen LogP contribution in [0.4, 0.5) is 0 Å². The molecule has 1 heterocycles. The van der Waals surface area contributed by atoms with Gasteiger partial charge in [-0.15, -0.1) is 0 Å². The Balaban J connectivity index is 1.66. The van der Waals surface area contributed by atoms with Crippen molar-refractivity contribution >= 4 is 22.5 Å². The van der Waals surface area contributed by atoms with E-state index in [0.29, 0.717) is 5.69 Å². The zero-order valence-electron chi connectivity index (χ0n) is 14.9. The molecule has 1 amide bonds. The van der Waals surface area contributed by atoms with Crippen molar-refractivity contribution in [3.05, 3.63) is 107 Å². The molecular weight excluding hydrogens is 334 g/mol. The SMILES string of the molecule is Cc1ccc(/C(=N\NC(=O)c2cc3ccccc3[nH]2)c2ccccc2)cc1. The second-order valence-corrected chi connectivity index (χ2v) is 6.40. The fraction of sp³-hybridized carbons (Fsp3) is 0.0435. The summed E-state index contributed by atoms with van der Waals surface area (Å²) >= 11 is 0. The summed E-state index contributed by atoms with van der Waals surface area (Å²) in [6.07, 6.45) is 0. The molecule has 27 heavy (non-hydrogen) atoms. The van der Waals surface area contributed by atoms with Gasteiger partial charge >= 0.3 is 0 Å². The number of nitrogens with one attached hydrogen (secondary N) is 2. The number of aryl methyl sites for hydroxylation is 1. The first kappa shape index (κ1) is 16.8. The molecule has 0 saturated heterocycles. The van der Waals surface area contributed by atoms with E-state index in [1.165, 1.54) is 5.56 Å². The molecule has 0 atom stereocenters. The van der Waals surface area contributed by atoms with Crippen molar-refractivity contribution in [2.45, 2.75) is 6.92 Å². The van der Waals surface area contributed by atoms with Gasteiger partial charge in [0.15, 0.2) is 0 Å². The van der Waals surface area contributed by atoms with Crippen molar-refractivity contribution in [1.82, 2.24) is 10.4 Å². The molecule has 0 saturated carbocycles. The Kier molecular flexibility index (Phi) is 4.54. The van der Waals surface area contributed by atoms with Gasteiger partial charge in [-0.05, 0) is 19.1 Å². The predicted molar refractivity (Wildman–Crippen MR) is 109 cm³/mol. The van der Waals surface area contributed by atoms with E-state index in [1.54, 1.807) is 0 Å². The first-order chi connectivity index (χ1) is 13.2. The molecule has 0 fully saturated rings. The summed E-state index contributed by atoms with van der Waals surface area (Å²) in [5.74, 6) is -0.272. The number of benzene rings is 3. The van der Waals surface area contributed by atoms with E-state index in [2.05, 4.69) is 15.5 Å². The van der Waals surface area contributed by atoms with Gasteiger partial charge in [-0.2, -0.15) is 5.10 Å². The number of para-hydroxylation sites is 1. The number of H-pyrrole nitrogens is 1. The third kappa shape index (κ3) is 3.65. The first-order valence-corrected chi connectivity index (χ1v) is 8.79. The maximum Gasteiger partial charge on any atom is 0.287 e. The van der Waals surface area contributed by atoms with Crippen LogP contribution >= 0.6 is 0 Å². The Labute approximate surface area is 157 Å². The third-order valence-corrected chi connectivity index (χ3v) is 4.42. The van der Waals surface area contributed by atoms with Crippen LogP contribution in [0.1, 0.15) is 27.2 Å². The van der Waals surface area contributed by atoms with Crippen molar-refractivity contribution in [3.8, 4) is 0 Å². The molecule has 132 valence electrons. The van der Waals surface area contributed by atoms with Crippen LogP contribution in [-0.4, -0.2) is 16.6 Å². The van der Waals surface area contributed by atoms with Crippen LogP contribution in [0.2, 0.25) is 0 Å². The highest BCUT2D eigenvalue weighted by Crippen LogP contribution is 2.15. The maximum absolute atomic E-state index is 12.6. The first-order valence-electron chi connectivity index (χ1n) is 8.79. The molecule has 0 aliphatic rings. The van der Waals surface area contributed by atoms with E-state index in [-0.39, 0.29) is 5.91 Å². The highest BCUT2D eigenvalue weighted by atomic mass is 16.2. The Hall–Kier alpha value is -3.66. The number of carbonyl (C=O) groups is 1. The van der Waals surface area contributed by atoms with E-state index in [1.807, 2.05) is 91.9 Å². The fourth-order valence-electron chi connectivity index (χ4n) is 2.97. The van der Waals surface area contributed by atoms with Gasteiger partial charge in [-0.1, -0.05) is 78.4 Å². The number of fused-ring (bicyclic) bond motifs is 1. The number of rotatable bonds is 4. The molecule has 0 bridgehead atoms. The molecule has 2 N–H and O–H groups in total. The number of carbonyl (C=O) groups excluding carboxylic acids is 1. The molecule has 4 rings (SSSR count). The van der Waals surface area contributed by atoms with Gasteiger partial charge in [-0.3, -0.25) is 4.79 Å². The number of hydrogen-bond acceptors (Lipinski definition) is 2.